The van der Waals surface area contributed by atoms with Crippen LogP contribution in [0.1, 0.15) is 47.3 Å². The van der Waals surface area contributed by atoms with Crippen molar-refractivity contribution in [2.45, 2.75) is 31.9 Å². The van der Waals surface area contributed by atoms with Gasteiger partial charge in [0.15, 0.2) is 11.6 Å². The number of benzene rings is 1. The van der Waals surface area contributed by atoms with Crippen molar-refractivity contribution in [2.24, 2.45) is 0 Å². The van der Waals surface area contributed by atoms with Gasteiger partial charge in [-0.3, -0.25) is 9.89 Å². The summed E-state index contributed by atoms with van der Waals surface area (Å²) >= 11 is 0. The summed E-state index contributed by atoms with van der Waals surface area (Å²) < 4.78 is 19.0. The van der Waals surface area contributed by atoms with E-state index in [0.717, 1.165) is 19.3 Å². The lowest BCUT2D eigenvalue weighted by Gasteiger charge is -2.34. The molecule has 2 N–H and O–H groups in total. The molecular weight excluding hydrogens is 339 g/mol. The molecule has 1 amide bonds. The van der Waals surface area contributed by atoms with Crippen LogP contribution in [0.5, 0.6) is 0 Å². The minimum absolute atomic E-state index is 0.251. The van der Waals surface area contributed by atoms with Gasteiger partial charge >= 0.3 is 0 Å². The summed E-state index contributed by atoms with van der Waals surface area (Å²) in [4.78, 5) is 26.4. The molecule has 9 heteroatoms. The number of fused-ring (bicyclic) bond motifs is 1. The average Bonchev–Trinajstić information content (AvgIpc) is 3.30. The number of hydrogen-bond acceptors (Lipinski definition) is 5. The smallest absolute Gasteiger partial charge is 0.256 e. The van der Waals surface area contributed by atoms with Crippen molar-refractivity contribution < 1.29 is 13.9 Å². The fourth-order valence-corrected chi connectivity index (χ4v) is 3.44. The Hall–Kier alpha value is -2.81. The molecule has 0 radical (unpaired) electrons. The van der Waals surface area contributed by atoms with Gasteiger partial charge in [0, 0.05) is 13.7 Å². The molecule has 2 aromatic heterocycles. The lowest BCUT2D eigenvalue weighted by molar-refractivity contribution is 0.0601. The maximum Gasteiger partial charge on any atom is 0.256 e. The van der Waals surface area contributed by atoms with Crippen LogP contribution in [0, 0.1) is 5.82 Å². The summed E-state index contributed by atoms with van der Waals surface area (Å²) in [5.74, 6) is 0.434. The summed E-state index contributed by atoms with van der Waals surface area (Å²) in [5, 5.41) is 7.09. The second kappa shape index (κ2) is 6.83. The summed E-state index contributed by atoms with van der Waals surface area (Å²) in [6.07, 6.45) is 4.08. The van der Waals surface area contributed by atoms with E-state index < -0.39 is 5.82 Å². The molecule has 0 bridgehead atoms. The van der Waals surface area contributed by atoms with Gasteiger partial charge in [-0.15, -0.1) is 0 Å². The van der Waals surface area contributed by atoms with Gasteiger partial charge in [0.25, 0.3) is 5.91 Å². The van der Waals surface area contributed by atoms with Gasteiger partial charge in [-0.1, -0.05) is 0 Å². The van der Waals surface area contributed by atoms with Crippen molar-refractivity contribution in [2.75, 3.05) is 13.7 Å². The number of hydrogen-bond donors (Lipinski definition) is 2. The number of piperidine rings is 1. The Morgan fingerprint density at radius 3 is 3.15 bits per heavy atom. The molecule has 1 fully saturated rings. The zero-order valence-corrected chi connectivity index (χ0v) is 14.3. The van der Waals surface area contributed by atoms with E-state index in [1.807, 2.05) is 0 Å². The Bertz CT molecular complexity index is 936. The molecule has 1 aromatic carbocycles. The van der Waals surface area contributed by atoms with Gasteiger partial charge in [-0.2, -0.15) is 5.10 Å². The van der Waals surface area contributed by atoms with Crippen molar-refractivity contribution in [1.29, 1.82) is 0 Å². The van der Waals surface area contributed by atoms with Crippen LogP contribution in [-0.2, 0) is 11.3 Å². The third kappa shape index (κ3) is 2.94. The Morgan fingerprint density at radius 1 is 1.42 bits per heavy atom. The molecule has 8 nitrogen and oxygen atoms in total. The number of methoxy groups -OCH3 is 1. The van der Waals surface area contributed by atoms with Gasteiger partial charge in [0.2, 0.25) is 0 Å². The number of nitrogens with zero attached hydrogens (tertiary/aromatic N) is 4. The van der Waals surface area contributed by atoms with E-state index in [1.54, 1.807) is 12.0 Å². The highest BCUT2D eigenvalue weighted by Gasteiger charge is 2.32. The van der Waals surface area contributed by atoms with Crippen LogP contribution < -0.4 is 0 Å². The quantitative estimate of drug-likeness (QED) is 0.746. The van der Waals surface area contributed by atoms with E-state index in [4.69, 9.17) is 4.74 Å². The number of amides is 1. The van der Waals surface area contributed by atoms with E-state index in [2.05, 4.69) is 25.1 Å². The molecule has 0 spiro atoms. The predicted molar refractivity (Wildman–Crippen MR) is 90.8 cm³/mol. The maximum absolute atomic E-state index is 13.9. The molecular formula is C17H19FN6O2. The van der Waals surface area contributed by atoms with Crippen molar-refractivity contribution >= 4 is 16.9 Å². The Labute approximate surface area is 148 Å². The molecule has 4 rings (SSSR count). The van der Waals surface area contributed by atoms with Crippen molar-refractivity contribution in [3.63, 3.8) is 0 Å². The molecule has 3 aromatic rings. The van der Waals surface area contributed by atoms with Gasteiger partial charge in [-0.05, 0) is 31.4 Å². The van der Waals surface area contributed by atoms with Crippen LogP contribution in [0.2, 0.25) is 0 Å². The topological polar surface area (TPSA) is 99.8 Å². The summed E-state index contributed by atoms with van der Waals surface area (Å²) in [6.45, 7) is 0.894. The van der Waals surface area contributed by atoms with Crippen molar-refractivity contribution in [1.82, 2.24) is 30.0 Å². The van der Waals surface area contributed by atoms with Crippen molar-refractivity contribution in [3.8, 4) is 0 Å². The molecule has 3 heterocycles. The number of carbonyl (C=O) groups is 1. The number of aromatic amines is 2. The zero-order chi connectivity index (χ0) is 18.1. The number of H-pyrrole nitrogens is 2. The summed E-state index contributed by atoms with van der Waals surface area (Å²) in [7, 11) is 1.58. The highest BCUT2D eigenvalue weighted by molar-refractivity contribution is 6.05. The summed E-state index contributed by atoms with van der Waals surface area (Å²) in [6, 6.07) is 2.32. The van der Waals surface area contributed by atoms with E-state index in [0.29, 0.717) is 35.8 Å². The number of imidazole rings is 1. The Kier molecular flexibility index (Phi) is 4.37. The molecule has 1 unspecified atom stereocenters. The van der Waals surface area contributed by atoms with Crippen LogP contribution in [0.25, 0.3) is 11.0 Å². The minimum atomic E-state index is -0.473. The fraction of sp³-hybridized carbons (Fsp3) is 0.412. The van der Waals surface area contributed by atoms with Gasteiger partial charge < -0.3 is 14.6 Å². The number of halogens is 1. The van der Waals surface area contributed by atoms with Crippen molar-refractivity contribution in [3.05, 3.63) is 41.5 Å². The third-order valence-corrected chi connectivity index (χ3v) is 4.61. The van der Waals surface area contributed by atoms with Crippen LogP contribution >= 0.6 is 0 Å². The van der Waals surface area contributed by atoms with Crippen LogP contribution in [0.3, 0.4) is 0 Å². The molecule has 26 heavy (non-hydrogen) atoms. The third-order valence-electron chi connectivity index (χ3n) is 4.61. The number of ether oxygens (including phenoxy) is 1. The Balaban J connectivity index is 1.68. The average molecular weight is 358 g/mol. The lowest BCUT2D eigenvalue weighted by atomic mass is 9.99. The lowest BCUT2D eigenvalue weighted by Crippen LogP contribution is -2.39. The van der Waals surface area contributed by atoms with Crippen LogP contribution in [-0.4, -0.2) is 49.6 Å². The number of rotatable bonds is 4. The maximum atomic E-state index is 13.9. The molecule has 1 aliphatic heterocycles. The van der Waals surface area contributed by atoms with Crippen LogP contribution in [0.15, 0.2) is 18.5 Å². The SMILES string of the molecule is COCc1nc(C2CCCCN2C(=O)c2cc(F)cc3[nH]cnc23)n[nH]1. The second-order valence-corrected chi connectivity index (χ2v) is 6.34. The molecule has 136 valence electrons. The highest BCUT2D eigenvalue weighted by atomic mass is 19.1. The standard InChI is InChI=1S/C17H19FN6O2/c1-26-8-14-21-16(23-22-14)13-4-2-3-5-24(13)17(25)11-6-10(18)7-12-15(11)20-9-19-12/h6-7,9,13H,2-5,8H2,1H3,(H,19,20)(H,21,22,23). The molecule has 1 atom stereocenters. The second-order valence-electron chi connectivity index (χ2n) is 6.34. The largest absolute Gasteiger partial charge is 0.377 e. The first-order valence-electron chi connectivity index (χ1n) is 8.51. The molecule has 0 aliphatic carbocycles. The van der Waals surface area contributed by atoms with E-state index >= 15 is 0 Å². The van der Waals surface area contributed by atoms with Gasteiger partial charge in [0.05, 0.1) is 23.4 Å². The number of likely N-dealkylation sites (tertiary alicyclic amines) is 1. The monoisotopic (exact) mass is 358 g/mol. The molecule has 0 saturated carbocycles. The van der Waals surface area contributed by atoms with E-state index in [-0.39, 0.29) is 17.5 Å². The van der Waals surface area contributed by atoms with Gasteiger partial charge in [-0.25, -0.2) is 14.4 Å². The summed E-state index contributed by atoms with van der Waals surface area (Å²) in [5.41, 5.74) is 1.22. The van der Waals surface area contributed by atoms with Gasteiger partial charge in [0.1, 0.15) is 17.9 Å². The first kappa shape index (κ1) is 16.6. The normalized spacial score (nSPS) is 17.8. The Morgan fingerprint density at radius 2 is 2.31 bits per heavy atom. The number of nitrogens with one attached hydrogen (secondary N) is 2. The predicted octanol–water partition coefficient (Wildman–Crippen LogP) is 2.33. The first-order chi connectivity index (χ1) is 12.7. The highest BCUT2D eigenvalue weighted by Crippen LogP contribution is 2.31. The minimum Gasteiger partial charge on any atom is -0.377 e. The van der Waals surface area contributed by atoms with Crippen LogP contribution in [0.4, 0.5) is 4.39 Å². The first-order valence-corrected chi connectivity index (χ1v) is 8.51. The molecule has 1 aliphatic rings. The van der Waals surface area contributed by atoms with E-state index in [1.165, 1.54) is 18.5 Å². The fourth-order valence-electron chi connectivity index (χ4n) is 3.44. The van der Waals surface area contributed by atoms with E-state index in [9.17, 15) is 9.18 Å². The number of carbonyl (C=O) groups excluding carboxylic acids is 1. The number of aromatic nitrogens is 5. The molecule has 1 saturated heterocycles. The zero-order valence-electron chi connectivity index (χ0n) is 14.3.